The Bertz CT molecular complexity index is 831. The van der Waals surface area contributed by atoms with Crippen LogP contribution in [0.5, 0.6) is 0 Å². The van der Waals surface area contributed by atoms with Crippen molar-refractivity contribution in [1.29, 1.82) is 0 Å². The molecular weight excluding hydrogens is 604 g/mol. The van der Waals surface area contributed by atoms with Crippen molar-refractivity contribution in [3.63, 3.8) is 0 Å². The first-order valence-corrected chi connectivity index (χ1v) is 18.4. The van der Waals surface area contributed by atoms with Gasteiger partial charge in [-0.1, -0.05) is 71.1 Å². The number of hydrogen-bond acceptors (Lipinski definition) is 8. The fourth-order valence-corrected chi connectivity index (χ4v) is 5.63. The van der Waals surface area contributed by atoms with Crippen LogP contribution in [0.25, 0.3) is 0 Å². The van der Waals surface area contributed by atoms with Gasteiger partial charge in [-0.05, 0) is 52.1 Å². The second kappa shape index (κ2) is 29.8. The van der Waals surface area contributed by atoms with Crippen molar-refractivity contribution in [2.24, 2.45) is 0 Å². The first-order valence-electron chi connectivity index (χ1n) is 18.4. The van der Waals surface area contributed by atoms with Crippen LogP contribution in [-0.4, -0.2) is 112 Å². The Morgan fingerprint density at radius 3 is 1.87 bits per heavy atom. The molecule has 1 aliphatic heterocycles. The van der Waals surface area contributed by atoms with E-state index in [1.54, 1.807) is 4.90 Å². The summed E-state index contributed by atoms with van der Waals surface area (Å²) in [4.78, 5) is 51.9. The Balaban J connectivity index is 2.30. The number of aliphatic carboxylic acids is 1. The predicted octanol–water partition coefficient (Wildman–Crippen LogP) is 4.19. The van der Waals surface area contributed by atoms with Crippen molar-refractivity contribution in [2.75, 3.05) is 66.3 Å². The Morgan fingerprint density at radius 1 is 0.745 bits per heavy atom. The molecule has 1 fully saturated rings. The number of carbonyl (C=O) groups is 4. The highest BCUT2D eigenvalue weighted by atomic mass is 16.5. The topological polar surface area (TPSA) is 156 Å². The number of carboxylic acids is 1. The van der Waals surface area contributed by atoms with Gasteiger partial charge in [0.1, 0.15) is 12.1 Å². The second-order valence-electron chi connectivity index (χ2n) is 12.5. The number of unbranched alkanes of at least 4 members (excludes halogenated alkanes) is 10. The number of amides is 3. The summed E-state index contributed by atoms with van der Waals surface area (Å²) >= 11 is 0. The molecule has 0 spiro atoms. The smallest absolute Gasteiger partial charge is 0.303 e. The molecule has 2 unspecified atom stereocenters. The van der Waals surface area contributed by atoms with E-state index in [1.165, 1.54) is 51.4 Å². The molecule has 0 aromatic heterocycles. The first-order chi connectivity index (χ1) is 22.9. The van der Waals surface area contributed by atoms with Crippen LogP contribution in [0.1, 0.15) is 122 Å². The van der Waals surface area contributed by atoms with Gasteiger partial charge in [0.15, 0.2) is 0 Å². The summed E-state index contributed by atoms with van der Waals surface area (Å²) in [6.07, 6.45) is 16.2. The van der Waals surface area contributed by atoms with E-state index in [-0.39, 0.29) is 18.7 Å². The molecule has 12 heteroatoms. The van der Waals surface area contributed by atoms with Crippen molar-refractivity contribution in [3.8, 4) is 0 Å². The van der Waals surface area contributed by atoms with Gasteiger partial charge in [0.05, 0.1) is 26.4 Å². The van der Waals surface area contributed by atoms with E-state index in [0.29, 0.717) is 72.0 Å². The van der Waals surface area contributed by atoms with Crippen molar-refractivity contribution in [3.05, 3.63) is 0 Å². The summed E-state index contributed by atoms with van der Waals surface area (Å²) in [6, 6.07) is -1.62. The lowest BCUT2D eigenvalue weighted by Gasteiger charge is -2.26. The van der Waals surface area contributed by atoms with Crippen LogP contribution < -0.4 is 16.0 Å². The zero-order valence-electron chi connectivity index (χ0n) is 29.5. The van der Waals surface area contributed by atoms with E-state index in [1.807, 2.05) is 7.05 Å². The van der Waals surface area contributed by atoms with Crippen LogP contribution in [0.4, 0.5) is 0 Å². The van der Waals surface area contributed by atoms with Crippen LogP contribution in [-0.2, 0) is 33.4 Å². The minimum Gasteiger partial charge on any atom is -0.481 e. The highest BCUT2D eigenvalue weighted by molar-refractivity contribution is 5.92. The van der Waals surface area contributed by atoms with Crippen LogP contribution in [0.15, 0.2) is 0 Å². The van der Waals surface area contributed by atoms with Gasteiger partial charge in [-0.3, -0.25) is 19.2 Å². The van der Waals surface area contributed by atoms with Crippen molar-refractivity contribution in [1.82, 2.24) is 20.9 Å². The Labute approximate surface area is 283 Å². The molecule has 274 valence electrons. The van der Waals surface area contributed by atoms with Crippen LogP contribution in [0, 0.1) is 0 Å². The van der Waals surface area contributed by atoms with E-state index in [4.69, 9.17) is 14.2 Å². The zero-order chi connectivity index (χ0) is 34.4. The molecule has 3 amide bonds. The van der Waals surface area contributed by atoms with Crippen LogP contribution in [0.3, 0.4) is 0 Å². The lowest BCUT2D eigenvalue weighted by atomic mass is 10.0. The van der Waals surface area contributed by atoms with E-state index < -0.39 is 29.9 Å². The molecule has 1 heterocycles. The molecule has 0 aliphatic carbocycles. The molecule has 2 atom stereocenters. The fraction of sp³-hybridized carbons (Fsp3) is 0.886. The largest absolute Gasteiger partial charge is 0.481 e. The second-order valence-corrected chi connectivity index (χ2v) is 12.5. The minimum atomic E-state index is -1.04. The number of likely N-dealkylation sites (tertiary alicyclic amines) is 1. The van der Waals surface area contributed by atoms with E-state index in [0.717, 1.165) is 38.6 Å². The van der Waals surface area contributed by atoms with Gasteiger partial charge in [0, 0.05) is 39.1 Å². The number of carbonyl (C=O) groups excluding carboxylic acids is 3. The molecule has 1 saturated heterocycles. The monoisotopic (exact) mass is 670 g/mol. The van der Waals surface area contributed by atoms with Gasteiger partial charge < -0.3 is 40.2 Å². The maximum absolute atomic E-state index is 13.2. The van der Waals surface area contributed by atoms with Crippen LogP contribution in [0.2, 0.25) is 0 Å². The molecule has 1 rings (SSSR count). The normalized spacial score (nSPS) is 15.1. The third-order valence-corrected chi connectivity index (χ3v) is 8.37. The molecule has 0 radical (unpaired) electrons. The lowest BCUT2D eigenvalue weighted by molar-refractivity contribution is -0.140. The highest BCUT2D eigenvalue weighted by Crippen LogP contribution is 2.20. The quantitative estimate of drug-likeness (QED) is 0.0771. The van der Waals surface area contributed by atoms with Gasteiger partial charge in [-0.15, -0.1) is 0 Å². The van der Waals surface area contributed by atoms with Gasteiger partial charge in [0.25, 0.3) is 0 Å². The predicted molar refractivity (Wildman–Crippen MR) is 183 cm³/mol. The first kappa shape index (κ1) is 42.7. The van der Waals surface area contributed by atoms with Gasteiger partial charge in [0.2, 0.25) is 17.7 Å². The number of nitrogens with one attached hydrogen (secondary N) is 3. The SMILES string of the molecule is CCCCCCCCCCCCCC(=O)N1CCCC1C(=O)NC(CCC(=O)O)C(=O)NCCCOCCOCCOCCCNC. The average molecular weight is 671 g/mol. The van der Waals surface area contributed by atoms with E-state index in [2.05, 4.69) is 22.9 Å². The maximum Gasteiger partial charge on any atom is 0.303 e. The molecule has 0 aromatic rings. The van der Waals surface area contributed by atoms with Crippen LogP contribution >= 0.6 is 0 Å². The minimum absolute atomic E-state index is 0.0241. The molecule has 47 heavy (non-hydrogen) atoms. The summed E-state index contributed by atoms with van der Waals surface area (Å²) in [5.74, 6) is -1.90. The Hall–Kier alpha value is -2.28. The zero-order valence-corrected chi connectivity index (χ0v) is 29.5. The Kier molecular flexibility index (Phi) is 27.1. The summed E-state index contributed by atoms with van der Waals surface area (Å²) in [7, 11) is 1.91. The number of rotatable bonds is 32. The molecule has 0 saturated carbocycles. The summed E-state index contributed by atoms with van der Waals surface area (Å²) in [6.45, 7) is 7.07. The number of nitrogens with zero attached hydrogens (tertiary/aromatic N) is 1. The third kappa shape index (κ3) is 22.8. The maximum atomic E-state index is 13.2. The van der Waals surface area contributed by atoms with E-state index >= 15 is 0 Å². The summed E-state index contributed by atoms with van der Waals surface area (Å²) < 4.78 is 16.5. The molecule has 1 aliphatic rings. The van der Waals surface area contributed by atoms with Gasteiger partial charge in [-0.2, -0.15) is 0 Å². The van der Waals surface area contributed by atoms with Crippen molar-refractivity contribution in [2.45, 2.75) is 135 Å². The Morgan fingerprint density at radius 2 is 1.30 bits per heavy atom. The average Bonchev–Trinajstić information content (AvgIpc) is 3.56. The fourth-order valence-electron chi connectivity index (χ4n) is 5.63. The molecule has 4 N–H and O–H groups in total. The summed E-state index contributed by atoms with van der Waals surface area (Å²) in [5.41, 5.74) is 0. The van der Waals surface area contributed by atoms with Gasteiger partial charge >= 0.3 is 5.97 Å². The third-order valence-electron chi connectivity index (χ3n) is 8.37. The molecule has 0 bridgehead atoms. The standard InChI is InChI=1S/C35H66N4O8/c1-3-4-5-6-7-8-9-10-11-12-13-18-32(40)39-23-14-17-31(39)35(44)38-30(19-20-33(41)42)34(43)37-22-16-25-46-27-29-47-28-26-45-24-15-21-36-2/h30-31,36H,3-29H2,1-2H3,(H,37,43)(H,38,44)(H,41,42). The van der Waals surface area contributed by atoms with Crippen molar-refractivity contribution < 1.29 is 38.5 Å². The van der Waals surface area contributed by atoms with Crippen molar-refractivity contribution >= 4 is 23.7 Å². The molecular formula is C35H66N4O8. The number of hydrogen-bond donors (Lipinski definition) is 4. The molecule has 12 nitrogen and oxygen atoms in total. The van der Waals surface area contributed by atoms with Gasteiger partial charge in [-0.25, -0.2) is 0 Å². The molecule has 0 aromatic carbocycles. The summed E-state index contributed by atoms with van der Waals surface area (Å²) in [5, 5.41) is 17.8. The van der Waals surface area contributed by atoms with E-state index in [9.17, 15) is 24.3 Å². The number of ether oxygens (including phenoxy) is 3. The number of carboxylic acid groups (broad SMARTS) is 1. The lowest BCUT2D eigenvalue weighted by Crippen LogP contribution is -2.53. The highest BCUT2D eigenvalue weighted by Gasteiger charge is 2.35.